The molecule has 10 N–H and O–H groups in total. The molecule has 0 heterocycles. The molecule has 0 bridgehead atoms. The van der Waals surface area contributed by atoms with Crippen LogP contribution in [-0.4, -0.2) is 97.2 Å². The number of fused-ring (bicyclic) bond motifs is 2. The van der Waals surface area contributed by atoms with E-state index in [1.165, 1.54) is 0 Å². The Morgan fingerprint density at radius 3 is 1.64 bits per heavy atom. The number of hydrogen-bond donors (Lipinski definition) is 8. The molecule has 16 heteroatoms. The standard InChI is InChI=1S/2C12H24BFN2O2.2CO2/c1-16-10-6-7-5-9(15)8(11(7)12(10)14)3-2-4-13(17)18;1-16-11-6-8-7(3-2-4-13(17)18)10(15)5-9(8)12(11)14;2*2-1-3/h2*7-12,16-18H,2-6,15H2,1H3;;. The van der Waals surface area contributed by atoms with Crippen molar-refractivity contribution in [2.75, 3.05) is 14.1 Å². The molecular formula is C26H48B2F2N4O8. The minimum Gasteiger partial charge on any atom is -0.427 e. The molecule has 0 aromatic rings. The third-order valence-corrected chi connectivity index (χ3v) is 9.73. The fraction of sp³-hybridized carbons (Fsp3) is 0.923. The smallest absolute Gasteiger partial charge is 0.427 e. The van der Waals surface area contributed by atoms with Crippen molar-refractivity contribution in [3.63, 3.8) is 0 Å². The average molecular weight is 604 g/mol. The van der Waals surface area contributed by atoms with Crippen LogP contribution < -0.4 is 22.1 Å². The number of hydrogen-bond acceptors (Lipinski definition) is 12. The van der Waals surface area contributed by atoms with Gasteiger partial charge in [-0.25, -0.2) is 8.78 Å². The van der Waals surface area contributed by atoms with Crippen LogP contribution >= 0.6 is 0 Å². The summed E-state index contributed by atoms with van der Waals surface area (Å²) in [6, 6.07) is 0.0932. The molecule has 240 valence electrons. The van der Waals surface area contributed by atoms with Gasteiger partial charge in [-0.1, -0.05) is 12.8 Å². The van der Waals surface area contributed by atoms with Crippen molar-refractivity contribution >= 4 is 26.5 Å². The van der Waals surface area contributed by atoms with Gasteiger partial charge in [-0.2, -0.15) is 19.2 Å². The summed E-state index contributed by atoms with van der Waals surface area (Å²) in [5.41, 5.74) is 12.2. The third-order valence-electron chi connectivity index (χ3n) is 9.73. The van der Waals surface area contributed by atoms with Crippen molar-refractivity contribution in [3.05, 3.63) is 0 Å². The van der Waals surface area contributed by atoms with Crippen LogP contribution in [0.3, 0.4) is 0 Å². The lowest BCUT2D eigenvalue weighted by molar-refractivity contribution is -0.193. The molecule has 12 atom stereocenters. The van der Waals surface area contributed by atoms with Crippen molar-refractivity contribution < 1.29 is 48.1 Å². The highest BCUT2D eigenvalue weighted by molar-refractivity contribution is 6.41. The monoisotopic (exact) mass is 604 g/mol. The highest BCUT2D eigenvalue weighted by Gasteiger charge is 2.53. The van der Waals surface area contributed by atoms with Gasteiger partial charge in [-0.05, 0) is 101 Å². The maximum atomic E-state index is 14.3. The van der Waals surface area contributed by atoms with E-state index >= 15 is 0 Å². The molecular weight excluding hydrogens is 556 g/mol. The summed E-state index contributed by atoms with van der Waals surface area (Å²) in [4.78, 5) is 32.5. The first-order valence-corrected chi connectivity index (χ1v) is 14.8. The molecule has 12 nitrogen and oxygen atoms in total. The van der Waals surface area contributed by atoms with Crippen LogP contribution in [0.4, 0.5) is 8.78 Å². The van der Waals surface area contributed by atoms with Gasteiger partial charge in [0.25, 0.3) is 0 Å². The summed E-state index contributed by atoms with van der Waals surface area (Å²) < 4.78 is 28.5. The average Bonchev–Trinajstić information content (AvgIpc) is 3.60. The first-order chi connectivity index (χ1) is 19.9. The molecule has 12 unspecified atom stereocenters. The number of carbonyl (C=O) groups excluding carboxylic acids is 4. The van der Waals surface area contributed by atoms with Gasteiger partial charge < -0.3 is 42.2 Å². The van der Waals surface area contributed by atoms with Gasteiger partial charge in [0.15, 0.2) is 0 Å². The molecule has 0 amide bonds. The normalized spacial score (nSPS) is 37.4. The van der Waals surface area contributed by atoms with E-state index < -0.39 is 26.6 Å². The Morgan fingerprint density at radius 1 is 0.714 bits per heavy atom. The maximum Gasteiger partial charge on any atom is 0.451 e. The van der Waals surface area contributed by atoms with E-state index in [2.05, 4.69) is 10.6 Å². The molecule has 0 spiro atoms. The predicted octanol–water partition coefficient (Wildman–Crippen LogP) is -0.869. The van der Waals surface area contributed by atoms with Crippen LogP contribution in [0.1, 0.15) is 51.4 Å². The molecule has 0 radical (unpaired) electrons. The highest BCUT2D eigenvalue weighted by Crippen LogP contribution is 2.51. The van der Waals surface area contributed by atoms with E-state index in [-0.39, 0.29) is 54.2 Å². The second-order valence-electron chi connectivity index (χ2n) is 11.9. The van der Waals surface area contributed by atoms with Gasteiger partial charge in [0.05, 0.1) is 0 Å². The Bertz CT molecular complexity index is 826. The molecule has 42 heavy (non-hydrogen) atoms. The van der Waals surface area contributed by atoms with Gasteiger partial charge in [0.1, 0.15) is 12.3 Å². The zero-order valence-electron chi connectivity index (χ0n) is 24.5. The summed E-state index contributed by atoms with van der Waals surface area (Å²) in [6.07, 6.45) is 6.22. The van der Waals surface area contributed by atoms with Gasteiger partial charge >= 0.3 is 26.5 Å². The van der Waals surface area contributed by atoms with Crippen LogP contribution in [-0.2, 0) is 19.2 Å². The van der Waals surface area contributed by atoms with Crippen LogP contribution in [0.5, 0.6) is 0 Å². The third kappa shape index (κ3) is 10.9. The summed E-state index contributed by atoms with van der Waals surface area (Å²) in [6.45, 7) is 0. The number of rotatable bonds is 10. The molecule has 4 saturated carbocycles. The number of nitrogens with two attached hydrogens (primary N) is 2. The second-order valence-corrected chi connectivity index (χ2v) is 11.9. The van der Waals surface area contributed by atoms with E-state index in [0.717, 1.165) is 44.9 Å². The van der Waals surface area contributed by atoms with Crippen LogP contribution in [0, 0.1) is 35.5 Å². The fourth-order valence-corrected chi connectivity index (χ4v) is 7.99. The molecule has 0 saturated heterocycles. The number of alkyl halides is 2. The predicted molar refractivity (Wildman–Crippen MR) is 149 cm³/mol. The van der Waals surface area contributed by atoms with Gasteiger partial charge in [-0.15, -0.1) is 0 Å². The lowest BCUT2D eigenvalue weighted by Crippen LogP contribution is -2.38. The van der Waals surface area contributed by atoms with Crippen LogP contribution in [0.15, 0.2) is 0 Å². The van der Waals surface area contributed by atoms with Gasteiger partial charge in [0, 0.05) is 24.2 Å². The lowest BCUT2D eigenvalue weighted by atomic mass is 9.79. The van der Waals surface area contributed by atoms with Gasteiger partial charge in [-0.3, -0.25) is 0 Å². The summed E-state index contributed by atoms with van der Waals surface area (Å²) in [7, 11) is 1.14. The SMILES string of the molecule is CNC1CC2C(CCCB(O)O)C(N)CC2C1F.CNC1CC2CC(N)C(CCCB(O)O)C2C1F.O=C=O.O=C=O. The maximum absolute atomic E-state index is 14.3. The number of nitrogens with one attached hydrogen (secondary N) is 2. The topological polar surface area (TPSA) is 225 Å². The van der Waals surface area contributed by atoms with Gasteiger partial charge in [0.2, 0.25) is 0 Å². The molecule has 4 rings (SSSR count). The minimum absolute atomic E-state index is 0.0292. The molecule has 0 aromatic heterocycles. The molecule has 4 aliphatic carbocycles. The molecule has 4 fully saturated rings. The quantitative estimate of drug-likeness (QED) is 0.143. The van der Waals surface area contributed by atoms with E-state index in [4.69, 9.17) is 50.7 Å². The number of halogens is 2. The molecule has 0 aromatic carbocycles. The first kappa shape index (κ1) is 38.5. The summed E-state index contributed by atoms with van der Waals surface area (Å²) in [5, 5.41) is 41.5. The van der Waals surface area contributed by atoms with E-state index in [1.54, 1.807) is 0 Å². The Balaban J connectivity index is 0.000000354. The van der Waals surface area contributed by atoms with Crippen LogP contribution in [0.2, 0.25) is 12.6 Å². The van der Waals surface area contributed by atoms with Crippen molar-refractivity contribution in [2.45, 2.75) is 101 Å². The first-order valence-electron chi connectivity index (χ1n) is 14.8. The zero-order valence-corrected chi connectivity index (χ0v) is 24.5. The second kappa shape index (κ2) is 19.7. The Kier molecular flexibility index (Phi) is 18.0. The van der Waals surface area contributed by atoms with Crippen molar-refractivity contribution in [1.82, 2.24) is 10.6 Å². The zero-order chi connectivity index (χ0) is 32.0. The van der Waals surface area contributed by atoms with E-state index in [9.17, 15) is 8.78 Å². The Labute approximate surface area is 247 Å². The summed E-state index contributed by atoms with van der Waals surface area (Å²) >= 11 is 0. The Morgan fingerprint density at radius 2 is 1.17 bits per heavy atom. The molecule has 0 aliphatic heterocycles. The van der Waals surface area contributed by atoms with E-state index in [1.807, 2.05) is 14.1 Å². The largest absolute Gasteiger partial charge is 0.451 e. The van der Waals surface area contributed by atoms with Crippen molar-refractivity contribution in [2.24, 2.45) is 47.0 Å². The molecule has 4 aliphatic rings. The summed E-state index contributed by atoms with van der Waals surface area (Å²) in [5.74, 6) is 1.46. The fourth-order valence-electron chi connectivity index (χ4n) is 7.99. The Hall–Kier alpha value is -1.57. The van der Waals surface area contributed by atoms with Crippen molar-refractivity contribution in [3.8, 4) is 0 Å². The van der Waals surface area contributed by atoms with Crippen LogP contribution in [0.25, 0.3) is 0 Å². The lowest BCUT2D eigenvalue weighted by Gasteiger charge is -2.25. The minimum atomic E-state index is -1.26. The van der Waals surface area contributed by atoms with Crippen molar-refractivity contribution in [1.29, 1.82) is 0 Å². The van der Waals surface area contributed by atoms with E-state index in [0.29, 0.717) is 36.8 Å². The highest BCUT2D eigenvalue weighted by atomic mass is 19.1.